The van der Waals surface area contributed by atoms with Crippen molar-refractivity contribution in [2.45, 2.75) is 19.5 Å². The molecule has 0 atom stereocenters. The first-order valence-electron chi connectivity index (χ1n) is 8.79. The number of hydrogen-bond acceptors (Lipinski definition) is 4. The van der Waals surface area contributed by atoms with Crippen molar-refractivity contribution >= 4 is 17.5 Å². The quantitative estimate of drug-likeness (QED) is 0.664. The molecule has 1 aromatic heterocycles. The number of hydrogen-bond donors (Lipinski definition) is 1. The lowest BCUT2D eigenvalue weighted by molar-refractivity contribution is -0.121. The first-order valence-corrected chi connectivity index (χ1v) is 9.17. The predicted molar refractivity (Wildman–Crippen MR) is 108 cm³/mol. The van der Waals surface area contributed by atoms with E-state index in [0.717, 1.165) is 16.9 Å². The number of ether oxygens (including phenoxy) is 1. The normalized spacial score (nSPS) is 10.5. The SMILES string of the molecule is COc1cccc(CNC(=O)CCn2nc(-c3ccc(Cl)cc3)ccc2=O)c1. The minimum Gasteiger partial charge on any atom is -0.497 e. The maximum absolute atomic E-state index is 12.1. The molecule has 6 nitrogen and oxygen atoms in total. The molecule has 1 amide bonds. The van der Waals surface area contributed by atoms with Gasteiger partial charge < -0.3 is 10.1 Å². The average Bonchev–Trinajstić information content (AvgIpc) is 2.72. The van der Waals surface area contributed by atoms with Crippen molar-refractivity contribution in [3.8, 4) is 17.0 Å². The third kappa shape index (κ3) is 5.20. The van der Waals surface area contributed by atoms with Crippen LogP contribution in [-0.4, -0.2) is 22.8 Å². The molecular weight excluding hydrogens is 378 g/mol. The maximum atomic E-state index is 12.1. The van der Waals surface area contributed by atoms with Crippen LogP contribution in [0, 0.1) is 0 Å². The number of aryl methyl sites for hydroxylation is 1. The number of nitrogens with zero attached hydrogens (tertiary/aromatic N) is 2. The lowest BCUT2D eigenvalue weighted by Crippen LogP contribution is -2.28. The second kappa shape index (κ2) is 9.19. The van der Waals surface area contributed by atoms with Crippen LogP contribution in [0.4, 0.5) is 0 Å². The van der Waals surface area contributed by atoms with E-state index in [1.807, 2.05) is 36.4 Å². The van der Waals surface area contributed by atoms with Crippen LogP contribution in [0.2, 0.25) is 5.02 Å². The number of methoxy groups -OCH3 is 1. The maximum Gasteiger partial charge on any atom is 0.266 e. The van der Waals surface area contributed by atoms with Gasteiger partial charge in [-0.15, -0.1) is 0 Å². The van der Waals surface area contributed by atoms with E-state index in [9.17, 15) is 9.59 Å². The number of amides is 1. The van der Waals surface area contributed by atoms with Gasteiger partial charge in [-0.05, 0) is 35.9 Å². The van der Waals surface area contributed by atoms with Crippen LogP contribution in [0.15, 0.2) is 65.5 Å². The van der Waals surface area contributed by atoms with Crippen molar-refractivity contribution in [1.29, 1.82) is 0 Å². The van der Waals surface area contributed by atoms with E-state index >= 15 is 0 Å². The molecule has 0 saturated carbocycles. The van der Waals surface area contributed by atoms with Crippen LogP contribution in [0.25, 0.3) is 11.3 Å². The van der Waals surface area contributed by atoms with Gasteiger partial charge in [0, 0.05) is 29.6 Å². The van der Waals surface area contributed by atoms with Crippen LogP contribution in [0.1, 0.15) is 12.0 Å². The van der Waals surface area contributed by atoms with Crippen LogP contribution >= 0.6 is 11.6 Å². The predicted octanol–water partition coefficient (Wildman–Crippen LogP) is 3.28. The Morgan fingerprint density at radius 1 is 1.14 bits per heavy atom. The summed E-state index contributed by atoms with van der Waals surface area (Å²) in [6.45, 7) is 0.591. The minimum absolute atomic E-state index is 0.154. The highest BCUT2D eigenvalue weighted by molar-refractivity contribution is 6.30. The summed E-state index contributed by atoms with van der Waals surface area (Å²) >= 11 is 5.90. The van der Waals surface area contributed by atoms with Gasteiger partial charge in [-0.3, -0.25) is 9.59 Å². The Hall–Kier alpha value is -3.12. The zero-order chi connectivity index (χ0) is 19.9. The molecule has 0 bridgehead atoms. The first-order chi connectivity index (χ1) is 13.5. The summed E-state index contributed by atoms with van der Waals surface area (Å²) in [6, 6.07) is 17.8. The minimum atomic E-state index is -0.252. The van der Waals surface area contributed by atoms with Gasteiger partial charge in [0.05, 0.1) is 19.3 Å². The van der Waals surface area contributed by atoms with Gasteiger partial charge in [-0.1, -0.05) is 35.9 Å². The number of aromatic nitrogens is 2. The molecule has 0 unspecified atom stereocenters. The Morgan fingerprint density at radius 2 is 1.93 bits per heavy atom. The zero-order valence-electron chi connectivity index (χ0n) is 15.4. The highest BCUT2D eigenvalue weighted by atomic mass is 35.5. The van der Waals surface area contributed by atoms with E-state index in [-0.39, 0.29) is 24.4 Å². The van der Waals surface area contributed by atoms with E-state index < -0.39 is 0 Å². The smallest absolute Gasteiger partial charge is 0.266 e. The molecule has 3 rings (SSSR count). The number of halogens is 1. The number of carbonyl (C=O) groups is 1. The third-order valence-electron chi connectivity index (χ3n) is 4.18. The Kier molecular flexibility index (Phi) is 6.45. The molecule has 0 aliphatic heterocycles. The van der Waals surface area contributed by atoms with Gasteiger partial charge in [0.1, 0.15) is 5.75 Å². The lowest BCUT2D eigenvalue weighted by Gasteiger charge is -2.09. The van der Waals surface area contributed by atoms with Crippen molar-refractivity contribution in [3.63, 3.8) is 0 Å². The van der Waals surface area contributed by atoms with Gasteiger partial charge >= 0.3 is 0 Å². The lowest BCUT2D eigenvalue weighted by atomic mass is 10.1. The number of benzene rings is 2. The molecule has 0 saturated heterocycles. The van der Waals surface area contributed by atoms with Crippen LogP contribution in [0.3, 0.4) is 0 Å². The fourth-order valence-corrected chi connectivity index (χ4v) is 2.79. The molecule has 2 aromatic carbocycles. The molecule has 0 aliphatic carbocycles. The van der Waals surface area contributed by atoms with E-state index in [1.54, 1.807) is 25.3 Å². The topological polar surface area (TPSA) is 73.2 Å². The van der Waals surface area contributed by atoms with E-state index in [2.05, 4.69) is 10.4 Å². The highest BCUT2D eigenvalue weighted by Crippen LogP contribution is 2.18. The molecule has 3 aromatic rings. The Balaban J connectivity index is 1.60. The Morgan fingerprint density at radius 3 is 2.68 bits per heavy atom. The molecule has 28 heavy (non-hydrogen) atoms. The molecule has 0 radical (unpaired) electrons. The molecule has 1 heterocycles. The molecule has 7 heteroatoms. The van der Waals surface area contributed by atoms with Crippen molar-refractivity contribution in [1.82, 2.24) is 15.1 Å². The summed E-state index contributed by atoms with van der Waals surface area (Å²) in [5, 5.41) is 7.82. The molecule has 1 N–H and O–H groups in total. The fraction of sp³-hybridized carbons (Fsp3) is 0.190. The summed E-state index contributed by atoms with van der Waals surface area (Å²) in [6.07, 6.45) is 0.154. The van der Waals surface area contributed by atoms with Crippen LogP contribution in [0.5, 0.6) is 5.75 Å². The monoisotopic (exact) mass is 397 g/mol. The second-order valence-corrected chi connectivity index (χ2v) is 6.60. The standard InChI is InChI=1S/C21H20ClN3O3/c1-28-18-4-2-3-15(13-18)14-23-20(26)11-12-25-21(27)10-9-19(24-25)16-5-7-17(22)8-6-16/h2-10,13H,11-12,14H2,1H3,(H,23,26). The molecular formula is C21H20ClN3O3. The second-order valence-electron chi connectivity index (χ2n) is 6.17. The number of rotatable bonds is 7. The summed E-state index contributed by atoms with van der Waals surface area (Å²) in [5.41, 5.74) is 2.18. The van der Waals surface area contributed by atoms with Gasteiger partial charge in [-0.2, -0.15) is 5.10 Å². The Bertz CT molecular complexity index is 1020. The number of nitrogens with one attached hydrogen (secondary N) is 1. The zero-order valence-corrected chi connectivity index (χ0v) is 16.1. The van der Waals surface area contributed by atoms with Gasteiger partial charge in [0.25, 0.3) is 5.56 Å². The van der Waals surface area contributed by atoms with Crippen molar-refractivity contribution < 1.29 is 9.53 Å². The van der Waals surface area contributed by atoms with Gasteiger partial charge in [0.15, 0.2) is 0 Å². The Labute approximate surface area is 167 Å². The summed E-state index contributed by atoms with van der Waals surface area (Å²) in [4.78, 5) is 24.2. The molecule has 0 aliphatic rings. The summed E-state index contributed by atoms with van der Waals surface area (Å²) < 4.78 is 6.47. The molecule has 0 fully saturated rings. The molecule has 0 spiro atoms. The highest BCUT2D eigenvalue weighted by Gasteiger charge is 2.07. The number of carbonyl (C=O) groups excluding carboxylic acids is 1. The van der Waals surface area contributed by atoms with E-state index in [0.29, 0.717) is 17.3 Å². The van der Waals surface area contributed by atoms with Crippen molar-refractivity contribution in [2.24, 2.45) is 0 Å². The van der Waals surface area contributed by atoms with E-state index in [4.69, 9.17) is 16.3 Å². The third-order valence-corrected chi connectivity index (χ3v) is 4.43. The van der Waals surface area contributed by atoms with Gasteiger partial charge in [0.2, 0.25) is 5.91 Å². The van der Waals surface area contributed by atoms with Gasteiger partial charge in [-0.25, -0.2) is 4.68 Å². The van der Waals surface area contributed by atoms with Crippen molar-refractivity contribution in [2.75, 3.05) is 7.11 Å². The van der Waals surface area contributed by atoms with Crippen molar-refractivity contribution in [3.05, 3.63) is 81.6 Å². The van der Waals surface area contributed by atoms with Crippen LogP contribution < -0.4 is 15.6 Å². The fourth-order valence-electron chi connectivity index (χ4n) is 2.66. The summed E-state index contributed by atoms with van der Waals surface area (Å²) in [5.74, 6) is 0.579. The van der Waals surface area contributed by atoms with E-state index in [1.165, 1.54) is 10.7 Å². The van der Waals surface area contributed by atoms with Crippen LogP contribution in [-0.2, 0) is 17.9 Å². The molecule has 144 valence electrons. The first kappa shape index (κ1) is 19.6. The average molecular weight is 398 g/mol. The largest absolute Gasteiger partial charge is 0.497 e. The summed E-state index contributed by atoms with van der Waals surface area (Å²) in [7, 11) is 1.60.